The topological polar surface area (TPSA) is 155 Å². The third kappa shape index (κ3) is 3.87. The summed E-state index contributed by atoms with van der Waals surface area (Å²) in [6.45, 7) is 4.97. The second-order valence-electron chi connectivity index (χ2n) is 10.9. The number of aromatic hydroxyl groups is 1. The van der Waals surface area contributed by atoms with Gasteiger partial charge in [0.1, 0.15) is 11.9 Å². The predicted molar refractivity (Wildman–Crippen MR) is 132 cm³/mol. The molecule has 7 atom stereocenters. The minimum Gasteiger partial charge on any atom is -0.504 e. The predicted octanol–water partition coefficient (Wildman–Crippen LogP) is 0.420. The summed E-state index contributed by atoms with van der Waals surface area (Å²) < 4.78 is 17.2. The minimum absolute atomic E-state index is 0.0305. The summed E-state index contributed by atoms with van der Waals surface area (Å²) in [6, 6.07) is 2.67. The highest BCUT2D eigenvalue weighted by molar-refractivity contribution is 5.82. The molecule has 1 spiro atoms. The van der Waals surface area contributed by atoms with Crippen LogP contribution in [-0.4, -0.2) is 87.7 Å². The molecule has 0 aromatic heterocycles. The quantitative estimate of drug-likeness (QED) is 0.365. The average molecular weight is 531 g/mol. The van der Waals surface area contributed by atoms with Crippen LogP contribution in [0.3, 0.4) is 0 Å². The third-order valence-electron chi connectivity index (χ3n) is 8.45. The van der Waals surface area contributed by atoms with Crippen LogP contribution in [0.5, 0.6) is 11.5 Å². The molecule has 2 aliphatic carbocycles. The van der Waals surface area contributed by atoms with Gasteiger partial charge in [0.2, 0.25) is 5.91 Å². The van der Waals surface area contributed by atoms with Crippen LogP contribution in [0, 0.1) is 0 Å². The number of hydrogen-bond donors (Lipinski definition) is 4. The van der Waals surface area contributed by atoms with Crippen molar-refractivity contribution in [2.45, 2.75) is 87.9 Å². The first-order valence-electron chi connectivity index (χ1n) is 12.9. The fraction of sp³-hybridized carbons (Fsp3) is 0.593. The number of likely N-dealkylation sites (N-methyl/N-ethyl adjacent to an activating group) is 1. The van der Waals surface area contributed by atoms with Crippen molar-refractivity contribution >= 4 is 17.8 Å². The molecule has 0 saturated carbocycles. The zero-order chi connectivity index (χ0) is 27.6. The van der Waals surface area contributed by atoms with Gasteiger partial charge in [-0.3, -0.25) is 9.59 Å². The molecule has 2 bridgehead atoms. The van der Waals surface area contributed by atoms with Gasteiger partial charge >= 0.3 is 11.9 Å². The number of hydrogen-bond acceptors (Lipinski definition) is 10. The van der Waals surface area contributed by atoms with Crippen LogP contribution >= 0.6 is 0 Å². The normalized spacial score (nSPS) is 31.2. The molecule has 5 rings (SSSR count). The van der Waals surface area contributed by atoms with Crippen molar-refractivity contribution in [3.63, 3.8) is 0 Å². The van der Waals surface area contributed by atoms with E-state index in [0.717, 1.165) is 11.1 Å². The standard InChI is InChI=1S/C27H34N2O9/c1-13(28-24(33)14(2)30)11-20(32)36-15(3)25(34)37-18-7-8-27(35)19-12-16-5-6-17(31)22-21(16)26(27,23(18)38-22)9-10-29(19)4/h5-7,13-15,19,23,30-31,35H,8-12H2,1-4H3,(H,28,33)/t13-,14+,15+,19-,23?,26?,27-/m1/s1. The molecule has 2 aliphatic heterocycles. The molecule has 0 radical (unpaired) electrons. The zero-order valence-corrected chi connectivity index (χ0v) is 21.9. The molecular formula is C27H34N2O9. The summed E-state index contributed by atoms with van der Waals surface area (Å²) >= 11 is 0. The number of phenolic OH excluding ortho intramolecular Hbond substituents is 1. The SMILES string of the molecule is C[C@H](CC(=O)O[C@@H](C)C(=O)OC1=CC[C@@]2(O)[C@H]3Cc4ccc(O)c5c4C2(CCN3C)C1O5)NC(=O)[C@H](C)O. The number of nitrogens with zero attached hydrogens (tertiary/aromatic N) is 1. The van der Waals surface area contributed by atoms with Gasteiger partial charge in [-0.15, -0.1) is 0 Å². The van der Waals surface area contributed by atoms with Crippen molar-refractivity contribution in [2.24, 2.45) is 0 Å². The van der Waals surface area contributed by atoms with Crippen LogP contribution in [-0.2, 0) is 35.7 Å². The number of rotatable bonds is 7. The number of esters is 2. The van der Waals surface area contributed by atoms with Gasteiger partial charge in [0.15, 0.2) is 23.7 Å². The van der Waals surface area contributed by atoms with E-state index in [1.165, 1.54) is 13.8 Å². The first-order valence-corrected chi connectivity index (χ1v) is 12.9. The number of nitrogens with one attached hydrogen (secondary N) is 1. The summed E-state index contributed by atoms with van der Waals surface area (Å²) in [5.41, 5.74) is -0.304. The molecule has 4 aliphatic rings. The molecule has 206 valence electrons. The number of ether oxygens (including phenoxy) is 3. The number of benzene rings is 1. The van der Waals surface area contributed by atoms with Gasteiger partial charge in [-0.2, -0.15) is 0 Å². The fourth-order valence-electron chi connectivity index (χ4n) is 6.59. The number of phenols is 1. The second kappa shape index (κ2) is 9.25. The number of carbonyl (C=O) groups is 3. The lowest BCUT2D eigenvalue weighted by Gasteiger charge is -2.61. The van der Waals surface area contributed by atoms with Gasteiger partial charge in [-0.1, -0.05) is 6.07 Å². The molecule has 1 amide bonds. The van der Waals surface area contributed by atoms with Crippen molar-refractivity contribution in [1.29, 1.82) is 0 Å². The Morgan fingerprint density at radius 1 is 1.26 bits per heavy atom. The number of aliphatic hydroxyl groups is 2. The lowest BCUT2D eigenvalue weighted by Crippen LogP contribution is -2.74. The number of piperidine rings is 1. The number of likely N-dealkylation sites (tertiary alicyclic amines) is 1. The lowest BCUT2D eigenvalue weighted by atomic mass is 9.50. The van der Waals surface area contributed by atoms with E-state index in [1.807, 2.05) is 13.1 Å². The molecule has 1 aromatic rings. The van der Waals surface area contributed by atoms with Crippen molar-refractivity contribution in [3.8, 4) is 11.5 Å². The van der Waals surface area contributed by atoms with Gasteiger partial charge in [0, 0.05) is 24.1 Å². The van der Waals surface area contributed by atoms with Crippen LogP contribution in [0.25, 0.3) is 0 Å². The van der Waals surface area contributed by atoms with Crippen LogP contribution in [0.2, 0.25) is 0 Å². The highest BCUT2D eigenvalue weighted by Gasteiger charge is 2.72. The Hall–Kier alpha value is -3.15. The van der Waals surface area contributed by atoms with E-state index in [4.69, 9.17) is 14.2 Å². The molecule has 11 heteroatoms. The van der Waals surface area contributed by atoms with E-state index < -0.39 is 53.2 Å². The smallest absolute Gasteiger partial charge is 0.352 e. The summed E-state index contributed by atoms with van der Waals surface area (Å²) in [6.07, 6.45) is -0.453. The number of carbonyl (C=O) groups excluding carboxylic acids is 3. The van der Waals surface area contributed by atoms with E-state index in [9.17, 15) is 29.7 Å². The highest BCUT2D eigenvalue weighted by Crippen LogP contribution is 2.65. The lowest BCUT2D eigenvalue weighted by molar-refractivity contribution is -0.175. The molecule has 2 unspecified atom stereocenters. The van der Waals surface area contributed by atoms with Gasteiger partial charge in [0.05, 0.1) is 17.4 Å². The molecule has 1 fully saturated rings. The molecule has 38 heavy (non-hydrogen) atoms. The molecule has 1 aromatic carbocycles. The van der Waals surface area contributed by atoms with E-state index in [-0.39, 0.29) is 30.4 Å². The average Bonchev–Trinajstić information content (AvgIpc) is 3.20. The van der Waals surface area contributed by atoms with Crippen LogP contribution in [0.15, 0.2) is 24.0 Å². The van der Waals surface area contributed by atoms with Gasteiger partial charge < -0.3 is 39.7 Å². The maximum absolute atomic E-state index is 13.0. The van der Waals surface area contributed by atoms with E-state index in [2.05, 4.69) is 10.2 Å². The molecule has 1 saturated heterocycles. The Kier molecular flexibility index (Phi) is 6.44. The molecule has 2 heterocycles. The molecule has 4 N–H and O–H groups in total. The van der Waals surface area contributed by atoms with Crippen molar-refractivity contribution < 1.29 is 43.9 Å². The summed E-state index contributed by atoms with van der Waals surface area (Å²) in [7, 11) is 1.98. The largest absolute Gasteiger partial charge is 0.504 e. The van der Waals surface area contributed by atoms with E-state index in [0.29, 0.717) is 25.1 Å². The first-order chi connectivity index (χ1) is 17.9. The maximum atomic E-state index is 13.0. The summed E-state index contributed by atoms with van der Waals surface area (Å²) in [5, 5.41) is 34.5. The van der Waals surface area contributed by atoms with E-state index >= 15 is 0 Å². The van der Waals surface area contributed by atoms with Gasteiger partial charge in [-0.25, -0.2) is 4.79 Å². The summed E-state index contributed by atoms with van der Waals surface area (Å²) in [5.74, 6) is -1.65. The Labute approximate surface area is 220 Å². The van der Waals surface area contributed by atoms with Crippen molar-refractivity contribution in [2.75, 3.05) is 13.6 Å². The Morgan fingerprint density at radius 2 is 2.00 bits per heavy atom. The van der Waals surface area contributed by atoms with Crippen LogP contribution < -0.4 is 10.1 Å². The Morgan fingerprint density at radius 3 is 2.71 bits per heavy atom. The molecular weight excluding hydrogens is 496 g/mol. The summed E-state index contributed by atoms with van der Waals surface area (Å²) in [4.78, 5) is 39.1. The van der Waals surface area contributed by atoms with Gasteiger partial charge in [-0.05, 0) is 64.9 Å². The van der Waals surface area contributed by atoms with Crippen LogP contribution in [0.4, 0.5) is 0 Å². The molecule has 11 nitrogen and oxygen atoms in total. The zero-order valence-electron chi connectivity index (χ0n) is 21.9. The first kappa shape index (κ1) is 26.5. The van der Waals surface area contributed by atoms with Crippen LogP contribution in [0.1, 0.15) is 51.2 Å². The maximum Gasteiger partial charge on any atom is 0.352 e. The Balaban J connectivity index is 1.33. The highest BCUT2D eigenvalue weighted by atomic mass is 16.6. The fourth-order valence-corrected chi connectivity index (χ4v) is 6.59. The third-order valence-corrected chi connectivity index (χ3v) is 8.45. The van der Waals surface area contributed by atoms with E-state index in [1.54, 1.807) is 19.1 Å². The number of aliphatic hydroxyl groups excluding tert-OH is 1. The van der Waals surface area contributed by atoms with Crippen molar-refractivity contribution in [1.82, 2.24) is 10.2 Å². The van der Waals surface area contributed by atoms with Gasteiger partial charge in [0.25, 0.3) is 0 Å². The number of amides is 1. The Bertz CT molecular complexity index is 1210. The van der Waals surface area contributed by atoms with Crippen molar-refractivity contribution in [3.05, 3.63) is 35.1 Å². The monoisotopic (exact) mass is 530 g/mol. The second-order valence-corrected chi connectivity index (χ2v) is 10.9. The minimum atomic E-state index is -1.24.